The average Bonchev–Trinajstić information content (AvgIpc) is 2.94. The Kier molecular flexibility index (Phi) is 5.12. The van der Waals surface area contributed by atoms with Crippen molar-refractivity contribution < 1.29 is 9.15 Å². The topological polar surface area (TPSA) is 60.2 Å². The highest BCUT2D eigenvalue weighted by Crippen LogP contribution is 2.19. The molecule has 0 amide bonds. The van der Waals surface area contributed by atoms with Crippen molar-refractivity contribution in [1.82, 2.24) is 15.5 Å². The summed E-state index contributed by atoms with van der Waals surface area (Å²) in [6.45, 7) is 7.44. The van der Waals surface area contributed by atoms with Crippen LogP contribution < -0.4 is 10.1 Å². The summed E-state index contributed by atoms with van der Waals surface area (Å²) in [7, 11) is 0. The summed E-state index contributed by atoms with van der Waals surface area (Å²) >= 11 is 0. The zero-order chi connectivity index (χ0) is 14.4. The summed E-state index contributed by atoms with van der Waals surface area (Å²) in [6, 6.07) is 8.34. The quantitative estimate of drug-likeness (QED) is 0.842. The van der Waals surface area contributed by atoms with Crippen LogP contribution in [0.5, 0.6) is 5.75 Å². The molecule has 0 fully saturated rings. The summed E-state index contributed by atoms with van der Waals surface area (Å²) in [5.74, 6) is 1.95. The van der Waals surface area contributed by atoms with Crippen molar-refractivity contribution in [2.24, 2.45) is 0 Å². The van der Waals surface area contributed by atoms with Crippen LogP contribution in [-0.4, -0.2) is 16.7 Å². The third-order valence-corrected chi connectivity index (χ3v) is 3.04. The van der Waals surface area contributed by atoms with Crippen LogP contribution >= 0.6 is 0 Å². The van der Waals surface area contributed by atoms with E-state index < -0.39 is 0 Å². The second kappa shape index (κ2) is 7.05. The number of hydrogen-bond acceptors (Lipinski definition) is 5. The molecular formula is C15H21N3O2. The van der Waals surface area contributed by atoms with E-state index in [2.05, 4.69) is 35.4 Å². The normalized spacial score (nSPS) is 12.3. The number of ether oxygens (including phenoxy) is 1. The van der Waals surface area contributed by atoms with Crippen LogP contribution in [0, 0.1) is 0 Å². The van der Waals surface area contributed by atoms with Gasteiger partial charge in [0.1, 0.15) is 5.75 Å². The molecule has 0 saturated heterocycles. The fraction of sp³-hybridized carbons (Fsp3) is 0.467. The second-order valence-corrected chi connectivity index (χ2v) is 4.58. The first-order chi connectivity index (χ1) is 9.72. The molecule has 1 aromatic carbocycles. The molecule has 1 unspecified atom stereocenters. The molecule has 5 nitrogen and oxygen atoms in total. The molecule has 1 N–H and O–H groups in total. The minimum absolute atomic E-state index is 0.298. The SMILES string of the molecule is CCNC(C)c1cccc(OCc2nnc(CC)o2)c1. The molecule has 0 aliphatic carbocycles. The Morgan fingerprint density at radius 2 is 2.05 bits per heavy atom. The third kappa shape index (κ3) is 3.81. The van der Waals surface area contributed by atoms with Gasteiger partial charge in [0.2, 0.25) is 5.89 Å². The molecule has 108 valence electrons. The van der Waals surface area contributed by atoms with Gasteiger partial charge in [0.15, 0.2) is 6.61 Å². The predicted molar refractivity (Wildman–Crippen MR) is 76.5 cm³/mol. The molecule has 0 aliphatic rings. The Balaban J connectivity index is 1.97. The first-order valence-corrected chi connectivity index (χ1v) is 7.00. The molecule has 1 heterocycles. The molecular weight excluding hydrogens is 254 g/mol. The predicted octanol–water partition coefficient (Wildman–Crippen LogP) is 2.88. The van der Waals surface area contributed by atoms with E-state index in [-0.39, 0.29) is 0 Å². The highest BCUT2D eigenvalue weighted by Gasteiger charge is 2.07. The Morgan fingerprint density at radius 3 is 2.75 bits per heavy atom. The zero-order valence-corrected chi connectivity index (χ0v) is 12.2. The summed E-state index contributed by atoms with van der Waals surface area (Å²) < 4.78 is 11.1. The van der Waals surface area contributed by atoms with Crippen molar-refractivity contribution in [3.8, 4) is 5.75 Å². The van der Waals surface area contributed by atoms with Gasteiger partial charge in [-0.05, 0) is 31.2 Å². The zero-order valence-electron chi connectivity index (χ0n) is 12.2. The van der Waals surface area contributed by atoms with Crippen LogP contribution in [0.1, 0.15) is 44.2 Å². The van der Waals surface area contributed by atoms with Crippen molar-refractivity contribution >= 4 is 0 Å². The number of nitrogens with one attached hydrogen (secondary N) is 1. The van der Waals surface area contributed by atoms with Gasteiger partial charge >= 0.3 is 0 Å². The minimum Gasteiger partial charge on any atom is -0.484 e. The van der Waals surface area contributed by atoms with Gasteiger partial charge in [-0.25, -0.2) is 0 Å². The van der Waals surface area contributed by atoms with Crippen LogP contribution in [0.15, 0.2) is 28.7 Å². The van der Waals surface area contributed by atoms with E-state index in [9.17, 15) is 0 Å². The summed E-state index contributed by atoms with van der Waals surface area (Å²) in [6.07, 6.45) is 0.739. The van der Waals surface area contributed by atoms with Crippen LogP contribution in [0.4, 0.5) is 0 Å². The van der Waals surface area contributed by atoms with Gasteiger partial charge in [0.25, 0.3) is 5.89 Å². The Labute approximate surface area is 119 Å². The van der Waals surface area contributed by atoms with Crippen LogP contribution in [0.25, 0.3) is 0 Å². The maximum Gasteiger partial charge on any atom is 0.253 e. The monoisotopic (exact) mass is 275 g/mol. The van der Waals surface area contributed by atoms with Crippen LogP contribution in [0.3, 0.4) is 0 Å². The second-order valence-electron chi connectivity index (χ2n) is 4.58. The average molecular weight is 275 g/mol. The van der Waals surface area contributed by atoms with Gasteiger partial charge in [-0.15, -0.1) is 10.2 Å². The number of rotatable bonds is 7. The Morgan fingerprint density at radius 1 is 1.25 bits per heavy atom. The third-order valence-electron chi connectivity index (χ3n) is 3.04. The van der Waals surface area contributed by atoms with E-state index in [4.69, 9.17) is 9.15 Å². The summed E-state index contributed by atoms with van der Waals surface area (Å²) in [5, 5.41) is 11.2. The molecule has 0 radical (unpaired) electrons. The van der Waals surface area contributed by atoms with Gasteiger partial charge in [-0.1, -0.05) is 26.0 Å². The minimum atomic E-state index is 0.298. The molecule has 0 saturated carbocycles. The standard InChI is InChI=1S/C15H21N3O2/c1-4-14-17-18-15(20-14)10-19-13-8-6-7-12(9-13)11(3)16-5-2/h6-9,11,16H,4-5,10H2,1-3H3. The molecule has 0 bridgehead atoms. The lowest BCUT2D eigenvalue weighted by molar-refractivity contribution is 0.259. The molecule has 1 atom stereocenters. The lowest BCUT2D eigenvalue weighted by Gasteiger charge is -2.13. The van der Waals surface area contributed by atoms with E-state index in [1.807, 2.05) is 25.1 Å². The molecule has 2 aromatic rings. The van der Waals surface area contributed by atoms with Crippen molar-refractivity contribution in [2.45, 2.75) is 39.8 Å². The molecule has 20 heavy (non-hydrogen) atoms. The number of hydrogen-bond donors (Lipinski definition) is 1. The Bertz CT molecular complexity index is 539. The first kappa shape index (κ1) is 14.5. The lowest BCUT2D eigenvalue weighted by atomic mass is 10.1. The van der Waals surface area contributed by atoms with E-state index in [0.717, 1.165) is 18.7 Å². The fourth-order valence-electron chi connectivity index (χ4n) is 1.93. The molecule has 0 aliphatic heterocycles. The highest BCUT2D eigenvalue weighted by molar-refractivity contribution is 5.30. The van der Waals surface area contributed by atoms with E-state index in [1.165, 1.54) is 5.56 Å². The van der Waals surface area contributed by atoms with Crippen LogP contribution in [0.2, 0.25) is 0 Å². The number of aromatic nitrogens is 2. The first-order valence-electron chi connectivity index (χ1n) is 7.00. The largest absolute Gasteiger partial charge is 0.484 e. The maximum absolute atomic E-state index is 5.69. The molecule has 1 aromatic heterocycles. The molecule has 2 rings (SSSR count). The summed E-state index contributed by atoms with van der Waals surface area (Å²) in [5.41, 5.74) is 1.20. The molecule has 0 spiro atoms. The van der Waals surface area contributed by atoms with Gasteiger partial charge in [-0.2, -0.15) is 0 Å². The van der Waals surface area contributed by atoms with Gasteiger partial charge in [-0.3, -0.25) is 0 Å². The van der Waals surface area contributed by atoms with Gasteiger partial charge < -0.3 is 14.5 Å². The highest BCUT2D eigenvalue weighted by atomic mass is 16.5. The van der Waals surface area contributed by atoms with Gasteiger partial charge in [0, 0.05) is 12.5 Å². The van der Waals surface area contributed by atoms with Crippen molar-refractivity contribution in [3.63, 3.8) is 0 Å². The van der Waals surface area contributed by atoms with Crippen LogP contribution in [-0.2, 0) is 13.0 Å². The van der Waals surface area contributed by atoms with E-state index in [0.29, 0.717) is 24.4 Å². The fourth-order valence-corrected chi connectivity index (χ4v) is 1.93. The smallest absolute Gasteiger partial charge is 0.253 e. The summed E-state index contributed by atoms with van der Waals surface area (Å²) in [4.78, 5) is 0. The van der Waals surface area contributed by atoms with E-state index in [1.54, 1.807) is 0 Å². The Hall–Kier alpha value is -1.88. The lowest BCUT2D eigenvalue weighted by Crippen LogP contribution is -2.17. The van der Waals surface area contributed by atoms with Crippen molar-refractivity contribution in [1.29, 1.82) is 0 Å². The van der Waals surface area contributed by atoms with E-state index >= 15 is 0 Å². The number of nitrogens with zero attached hydrogens (tertiary/aromatic N) is 2. The maximum atomic E-state index is 5.69. The number of aryl methyl sites for hydroxylation is 1. The van der Waals surface area contributed by atoms with Gasteiger partial charge in [0.05, 0.1) is 0 Å². The number of benzene rings is 1. The van der Waals surface area contributed by atoms with Crippen molar-refractivity contribution in [2.75, 3.05) is 6.54 Å². The molecule has 5 heteroatoms. The van der Waals surface area contributed by atoms with Crippen molar-refractivity contribution in [3.05, 3.63) is 41.6 Å².